The molecule has 1 rings (SSSR count). The summed E-state index contributed by atoms with van der Waals surface area (Å²) in [5, 5.41) is 12.5. The van der Waals surface area contributed by atoms with Crippen LogP contribution in [0.5, 0.6) is 0 Å². The molecule has 0 bridgehead atoms. The molecule has 2 N–H and O–H groups in total. The topological polar surface area (TPSA) is 32.3 Å². The van der Waals surface area contributed by atoms with Crippen molar-refractivity contribution in [2.24, 2.45) is 0 Å². The van der Waals surface area contributed by atoms with Crippen molar-refractivity contribution < 1.29 is 13.9 Å². The molecule has 0 aliphatic heterocycles. The zero-order valence-electron chi connectivity index (χ0n) is 10.3. The molecule has 0 spiro atoms. The van der Waals surface area contributed by atoms with Crippen molar-refractivity contribution >= 4 is 0 Å². The van der Waals surface area contributed by atoms with E-state index < -0.39 is 17.2 Å². The van der Waals surface area contributed by atoms with Crippen LogP contribution in [0, 0.1) is 11.6 Å². The molecule has 0 saturated carbocycles. The van der Waals surface area contributed by atoms with Crippen LogP contribution in [0.4, 0.5) is 8.78 Å². The first kappa shape index (κ1) is 14.1. The van der Waals surface area contributed by atoms with Gasteiger partial charge in [-0.15, -0.1) is 0 Å². The standard InChI is InChI=1S/C13H19F2NO/c1-3-13(4-2,9-17)16-8-10-6-5-7-11(14)12(10)15/h5-7,16-17H,3-4,8-9H2,1-2H3. The van der Waals surface area contributed by atoms with E-state index in [2.05, 4.69) is 5.32 Å². The number of hydrogen-bond acceptors (Lipinski definition) is 2. The first-order valence-corrected chi connectivity index (χ1v) is 5.87. The smallest absolute Gasteiger partial charge is 0.163 e. The lowest BCUT2D eigenvalue weighted by Gasteiger charge is -2.31. The van der Waals surface area contributed by atoms with Crippen LogP contribution in [0.2, 0.25) is 0 Å². The largest absolute Gasteiger partial charge is 0.394 e. The van der Waals surface area contributed by atoms with E-state index in [1.165, 1.54) is 6.07 Å². The summed E-state index contributed by atoms with van der Waals surface area (Å²) in [5.74, 6) is -1.66. The number of halogens is 2. The van der Waals surface area contributed by atoms with E-state index in [0.717, 1.165) is 18.9 Å². The predicted molar refractivity (Wildman–Crippen MR) is 63.6 cm³/mol. The normalized spacial score (nSPS) is 11.8. The Labute approximate surface area is 101 Å². The van der Waals surface area contributed by atoms with Gasteiger partial charge in [-0.2, -0.15) is 0 Å². The van der Waals surface area contributed by atoms with Crippen molar-refractivity contribution in [3.8, 4) is 0 Å². The van der Waals surface area contributed by atoms with Crippen molar-refractivity contribution in [2.45, 2.75) is 38.8 Å². The van der Waals surface area contributed by atoms with Gasteiger partial charge < -0.3 is 10.4 Å². The van der Waals surface area contributed by atoms with Gasteiger partial charge in [0, 0.05) is 17.6 Å². The highest BCUT2D eigenvalue weighted by Gasteiger charge is 2.24. The maximum absolute atomic E-state index is 13.4. The molecule has 0 atom stereocenters. The van der Waals surface area contributed by atoms with Gasteiger partial charge in [-0.25, -0.2) is 8.78 Å². The lowest BCUT2D eigenvalue weighted by atomic mass is 9.93. The molecular weight excluding hydrogens is 224 g/mol. The molecule has 0 fully saturated rings. The van der Waals surface area contributed by atoms with Gasteiger partial charge in [0.05, 0.1) is 6.61 Å². The summed E-state index contributed by atoms with van der Waals surface area (Å²) in [6, 6.07) is 4.12. The second-order valence-corrected chi connectivity index (χ2v) is 4.21. The first-order chi connectivity index (χ1) is 8.08. The maximum Gasteiger partial charge on any atom is 0.163 e. The van der Waals surface area contributed by atoms with Gasteiger partial charge >= 0.3 is 0 Å². The third-order valence-electron chi connectivity index (χ3n) is 3.34. The number of aliphatic hydroxyl groups is 1. The minimum Gasteiger partial charge on any atom is -0.394 e. The summed E-state index contributed by atoms with van der Waals surface area (Å²) >= 11 is 0. The Bertz CT molecular complexity index is 356. The van der Waals surface area contributed by atoms with Crippen LogP contribution in [0.3, 0.4) is 0 Å². The van der Waals surface area contributed by atoms with Gasteiger partial charge in [-0.1, -0.05) is 26.0 Å². The predicted octanol–water partition coefficient (Wildman–Crippen LogP) is 2.61. The Hall–Kier alpha value is -1.00. The van der Waals surface area contributed by atoms with Crippen LogP contribution in [-0.4, -0.2) is 17.3 Å². The molecular formula is C13H19F2NO. The third kappa shape index (κ3) is 3.23. The summed E-state index contributed by atoms with van der Waals surface area (Å²) in [6.45, 7) is 4.10. The Balaban J connectivity index is 2.75. The summed E-state index contributed by atoms with van der Waals surface area (Å²) in [7, 11) is 0. The quantitative estimate of drug-likeness (QED) is 0.805. The van der Waals surface area contributed by atoms with Gasteiger partial charge in [-0.05, 0) is 18.9 Å². The van der Waals surface area contributed by atoms with Gasteiger partial charge in [0.1, 0.15) is 0 Å². The number of benzene rings is 1. The lowest BCUT2D eigenvalue weighted by Crippen LogP contribution is -2.47. The molecule has 0 unspecified atom stereocenters. The number of nitrogens with one attached hydrogen (secondary N) is 1. The molecule has 1 aromatic carbocycles. The number of rotatable bonds is 6. The van der Waals surface area contributed by atoms with Crippen molar-refractivity contribution in [2.75, 3.05) is 6.61 Å². The average molecular weight is 243 g/mol. The Morgan fingerprint density at radius 2 is 1.88 bits per heavy atom. The van der Waals surface area contributed by atoms with Crippen molar-refractivity contribution in [1.29, 1.82) is 0 Å². The van der Waals surface area contributed by atoms with E-state index in [1.807, 2.05) is 13.8 Å². The van der Waals surface area contributed by atoms with Crippen LogP contribution in [-0.2, 0) is 6.54 Å². The molecule has 0 amide bonds. The average Bonchev–Trinajstić information content (AvgIpc) is 2.36. The molecule has 0 radical (unpaired) electrons. The second-order valence-electron chi connectivity index (χ2n) is 4.21. The van der Waals surface area contributed by atoms with Crippen molar-refractivity contribution in [3.63, 3.8) is 0 Å². The molecule has 17 heavy (non-hydrogen) atoms. The van der Waals surface area contributed by atoms with Crippen molar-refractivity contribution in [3.05, 3.63) is 35.4 Å². The fourth-order valence-corrected chi connectivity index (χ4v) is 1.75. The molecule has 0 aromatic heterocycles. The fraction of sp³-hybridized carbons (Fsp3) is 0.538. The molecule has 96 valence electrons. The number of hydrogen-bond donors (Lipinski definition) is 2. The second kappa shape index (κ2) is 6.07. The van der Waals surface area contributed by atoms with E-state index >= 15 is 0 Å². The highest BCUT2D eigenvalue weighted by Crippen LogP contribution is 2.17. The van der Waals surface area contributed by atoms with E-state index in [4.69, 9.17) is 0 Å². The maximum atomic E-state index is 13.4. The molecule has 0 saturated heterocycles. The minimum absolute atomic E-state index is 0.0169. The van der Waals surface area contributed by atoms with E-state index in [9.17, 15) is 13.9 Å². The lowest BCUT2D eigenvalue weighted by molar-refractivity contribution is 0.149. The van der Waals surface area contributed by atoms with Crippen LogP contribution in [0.15, 0.2) is 18.2 Å². The van der Waals surface area contributed by atoms with Crippen molar-refractivity contribution in [1.82, 2.24) is 5.32 Å². The molecule has 0 aliphatic carbocycles. The zero-order chi connectivity index (χ0) is 12.9. The minimum atomic E-state index is -0.841. The van der Waals surface area contributed by atoms with Crippen LogP contribution in [0.1, 0.15) is 32.3 Å². The molecule has 0 heterocycles. The van der Waals surface area contributed by atoms with E-state index in [1.54, 1.807) is 6.07 Å². The monoisotopic (exact) mass is 243 g/mol. The zero-order valence-corrected chi connectivity index (χ0v) is 10.3. The van der Waals surface area contributed by atoms with Gasteiger partial charge in [-0.3, -0.25) is 0 Å². The van der Waals surface area contributed by atoms with E-state index in [-0.39, 0.29) is 18.7 Å². The highest BCUT2D eigenvalue weighted by molar-refractivity contribution is 5.19. The summed E-state index contributed by atoms with van der Waals surface area (Å²) in [5.41, 5.74) is -0.136. The Kier molecular flexibility index (Phi) is 5.02. The van der Waals surface area contributed by atoms with E-state index in [0.29, 0.717) is 0 Å². The fourth-order valence-electron chi connectivity index (χ4n) is 1.75. The van der Waals surface area contributed by atoms with Gasteiger partial charge in [0.25, 0.3) is 0 Å². The molecule has 2 nitrogen and oxygen atoms in total. The summed E-state index contributed by atoms with van der Waals surface area (Å²) < 4.78 is 26.4. The molecule has 4 heteroatoms. The van der Waals surface area contributed by atoms with Crippen LogP contribution >= 0.6 is 0 Å². The Morgan fingerprint density at radius 3 is 2.41 bits per heavy atom. The number of aliphatic hydroxyl groups excluding tert-OH is 1. The first-order valence-electron chi connectivity index (χ1n) is 5.87. The summed E-state index contributed by atoms with van der Waals surface area (Å²) in [4.78, 5) is 0. The Morgan fingerprint density at radius 1 is 1.24 bits per heavy atom. The van der Waals surface area contributed by atoms with Crippen LogP contribution < -0.4 is 5.32 Å². The van der Waals surface area contributed by atoms with Gasteiger partial charge in [0.2, 0.25) is 0 Å². The summed E-state index contributed by atoms with van der Waals surface area (Å²) in [6.07, 6.45) is 1.47. The van der Waals surface area contributed by atoms with Gasteiger partial charge in [0.15, 0.2) is 11.6 Å². The van der Waals surface area contributed by atoms with Crippen LogP contribution in [0.25, 0.3) is 0 Å². The molecule has 1 aromatic rings. The highest BCUT2D eigenvalue weighted by atomic mass is 19.2. The SMILES string of the molecule is CCC(CC)(CO)NCc1cccc(F)c1F. The third-order valence-corrected chi connectivity index (χ3v) is 3.34. The molecule has 0 aliphatic rings.